The Morgan fingerprint density at radius 3 is 1.60 bits per heavy atom. The van der Waals surface area contributed by atoms with Crippen LogP contribution in [-0.2, 0) is 19.1 Å². The lowest BCUT2D eigenvalue weighted by atomic mass is 9.85. The predicted octanol–water partition coefficient (Wildman–Crippen LogP) is 15.2. The minimum atomic E-state index is -0.457. The Morgan fingerprint density at radius 1 is 0.619 bits per heavy atom. The summed E-state index contributed by atoms with van der Waals surface area (Å²) in [6.45, 7) is 10.5. The fourth-order valence-corrected chi connectivity index (χ4v) is 9.99. The van der Waals surface area contributed by atoms with Crippen molar-refractivity contribution in [2.45, 2.75) is 232 Å². The number of nitrogens with zero attached hydrogens (tertiary/aromatic N) is 2. The van der Waals surface area contributed by atoms with E-state index in [1.54, 1.807) is 0 Å². The van der Waals surface area contributed by atoms with Crippen molar-refractivity contribution in [1.29, 1.82) is 0 Å². The quantitative estimate of drug-likeness (QED) is 0.0537. The molecule has 0 aliphatic carbocycles. The highest BCUT2D eigenvalue weighted by molar-refractivity contribution is 5.99. The first-order valence-electron chi connectivity index (χ1n) is 26.8. The van der Waals surface area contributed by atoms with Gasteiger partial charge in [0.05, 0.1) is 7.11 Å². The summed E-state index contributed by atoms with van der Waals surface area (Å²) in [5, 5.41) is 5.66. The third kappa shape index (κ3) is 23.7. The molecule has 1 fully saturated rings. The van der Waals surface area contributed by atoms with Crippen LogP contribution in [0.25, 0.3) is 10.8 Å². The van der Waals surface area contributed by atoms with Gasteiger partial charge in [-0.25, -0.2) is 0 Å². The van der Waals surface area contributed by atoms with E-state index < -0.39 is 6.04 Å². The topological polar surface area (TPSA) is 78.9 Å². The van der Waals surface area contributed by atoms with Crippen LogP contribution in [0.3, 0.4) is 0 Å². The Bertz CT molecular complexity index is 1470. The molecule has 2 aromatic carbocycles. The van der Waals surface area contributed by atoms with Crippen LogP contribution in [0.5, 0.6) is 0 Å². The number of methoxy groups -OCH3 is 1. The number of carbonyl (C=O) groups excluding carboxylic acids is 3. The van der Waals surface area contributed by atoms with Crippen LogP contribution in [0, 0.1) is 11.8 Å². The molecule has 2 unspecified atom stereocenters. The van der Waals surface area contributed by atoms with Gasteiger partial charge in [0.15, 0.2) is 0 Å². The Hall–Kier alpha value is -2.93. The largest absolute Gasteiger partial charge is 0.469 e. The number of rotatable bonds is 38. The maximum absolute atomic E-state index is 14.9. The van der Waals surface area contributed by atoms with E-state index in [0.717, 1.165) is 87.5 Å². The number of amides is 2. The number of fused-ring (bicyclic) bond motifs is 1. The van der Waals surface area contributed by atoms with Gasteiger partial charge in [-0.05, 0) is 92.9 Å². The highest BCUT2D eigenvalue weighted by atomic mass is 16.5. The number of hydrogen-bond acceptors (Lipinski definition) is 5. The smallest absolute Gasteiger partial charge is 0.305 e. The van der Waals surface area contributed by atoms with Gasteiger partial charge in [0, 0.05) is 25.1 Å². The molecule has 63 heavy (non-hydrogen) atoms. The minimum absolute atomic E-state index is 0.000156. The molecule has 0 saturated carbocycles. The molecular weight excluding hydrogens is 779 g/mol. The number of nitrogens with one attached hydrogen (secondary N) is 1. The molecule has 2 atom stereocenters. The molecule has 1 aliphatic heterocycles. The summed E-state index contributed by atoms with van der Waals surface area (Å²) in [5.74, 6) is 0.671. The normalized spacial score (nSPS) is 14.5. The number of unbranched alkanes of at least 4 members (excludes halogenated alkanes) is 23. The van der Waals surface area contributed by atoms with E-state index in [2.05, 4.69) is 72.3 Å². The van der Waals surface area contributed by atoms with Gasteiger partial charge >= 0.3 is 5.97 Å². The molecule has 3 rings (SSSR count). The molecule has 7 heteroatoms. The molecule has 0 radical (unpaired) electrons. The molecule has 358 valence electrons. The van der Waals surface area contributed by atoms with E-state index in [4.69, 9.17) is 4.74 Å². The van der Waals surface area contributed by atoms with Crippen molar-refractivity contribution >= 4 is 34.2 Å². The number of esters is 1. The fourth-order valence-electron chi connectivity index (χ4n) is 9.99. The number of benzene rings is 2. The maximum atomic E-state index is 14.9. The highest BCUT2D eigenvalue weighted by Gasteiger charge is 2.39. The van der Waals surface area contributed by atoms with Gasteiger partial charge in [0.2, 0.25) is 11.8 Å². The molecule has 0 spiro atoms. The van der Waals surface area contributed by atoms with Gasteiger partial charge < -0.3 is 19.9 Å². The first-order valence-corrected chi connectivity index (χ1v) is 26.8. The zero-order valence-electron chi connectivity index (χ0n) is 41.3. The van der Waals surface area contributed by atoms with E-state index in [-0.39, 0.29) is 23.7 Å². The number of hydrogen-bond donors (Lipinski definition) is 1. The molecule has 1 aliphatic rings. The number of carbonyl (C=O) groups is 3. The number of anilines is 1. The summed E-state index contributed by atoms with van der Waals surface area (Å²) in [6, 6.07) is 14.1. The van der Waals surface area contributed by atoms with Crippen molar-refractivity contribution in [3.8, 4) is 0 Å². The lowest BCUT2D eigenvalue weighted by Gasteiger charge is -2.41. The monoisotopic (exact) mass is 874 g/mol. The molecule has 7 nitrogen and oxygen atoms in total. The first kappa shape index (κ1) is 54.4. The lowest BCUT2D eigenvalue weighted by molar-refractivity contribution is -0.142. The second-order valence-electron chi connectivity index (χ2n) is 19.3. The van der Waals surface area contributed by atoms with Gasteiger partial charge in [-0.1, -0.05) is 205 Å². The SMILES string of the molecule is CCCCCCCCCCC(CCCCCCCC)CN(C(=O)CCCCCCCCCCCCCCC(=O)OC)C(C(=O)Nc1ccc2ccccc2c1)C1CCN(CC)CC1. The first-order chi connectivity index (χ1) is 30.9. The van der Waals surface area contributed by atoms with Crippen LogP contribution in [0.15, 0.2) is 42.5 Å². The molecule has 2 aromatic rings. The Kier molecular flexibility index (Phi) is 30.5. The van der Waals surface area contributed by atoms with Crippen LogP contribution in [0.1, 0.15) is 226 Å². The van der Waals surface area contributed by atoms with Crippen molar-refractivity contribution in [3.63, 3.8) is 0 Å². The maximum Gasteiger partial charge on any atom is 0.305 e. The Labute approximate surface area is 387 Å². The average molecular weight is 874 g/mol. The average Bonchev–Trinajstić information content (AvgIpc) is 3.30. The number of piperidine rings is 1. The van der Waals surface area contributed by atoms with Gasteiger partial charge in [0.25, 0.3) is 0 Å². The zero-order valence-corrected chi connectivity index (χ0v) is 41.3. The van der Waals surface area contributed by atoms with Crippen LogP contribution in [-0.4, -0.2) is 66.9 Å². The molecule has 0 aromatic heterocycles. The van der Waals surface area contributed by atoms with Gasteiger partial charge in [0.1, 0.15) is 6.04 Å². The lowest BCUT2D eigenvalue weighted by Crippen LogP contribution is -2.55. The summed E-state index contributed by atoms with van der Waals surface area (Å²) in [6.07, 6.45) is 37.4. The molecule has 1 heterocycles. The summed E-state index contributed by atoms with van der Waals surface area (Å²) in [5.41, 5.74) is 0.820. The summed E-state index contributed by atoms with van der Waals surface area (Å²) in [7, 11) is 1.46. The molecule has 2 amide bonds. The van der Waals surface area contributed by atoms with E-state index in [9.17, 15) is 14.4 Å². The summed E-state index contributed by atoms with van der Waals surface area (Å²) in [4.78, 5) is 45.7. The van der Waals surface area contributed by atoms with E-state index in [1.807, 2.05) is 6.07 Å². The van der Waals surface area contributed by atoms with Crippen molar-refractivity contribution in [2.24, 2.45) is 11.8 Å². The molecule has 0 bridgehead atoms. The van der Waals surface area contributed by atoms with Crippen molar-refractivity contribution in [1.82, 2.24) is 9.80 Å². The summed E-state index contributed by atoms with van der Waals surface area (Å²) >= 11 is 0. The Balaban J connectivity index is 1.70. The third-order valence-electron chi connectivity index (χ3n) is 14.1. The molecule has 1 N–H and O–H groups in total. The second kappa shape index (κ2) is 35.3. The van der Waals surface area contributed by atoms with Crippen LogP contribution in [0.2, 0.25) is 0 Å². The predicted molar refractivity (Wildman–Crippen MR) is 268 cm³/mol. The van der Waals surface area contributed by atoms with Gasteiger partial charge in [-0.3, -0.25) is 14.4 Å². The van der Waals surface area contributed by atoms with E-state index >= 15 is 0 Å². The fraction of sp³-hybridized carbons (Fsp3) is 0.768. The van der Waals surface area contributed by atoms with Crippen molar-refractivity contribution in [3.05, 3.63) is 42.5 Å². The Morgan fingerprint density at radius 2 is 1.10 bits per heavy atom. The summed E-state index contributed by atoms with van der Waals surface area (Å²) < 4.78 is 4.75. The van der Waals surface area contributed by atoms with Gasteiger partial charge in [-0.2, -0.15) is 0 Å². The van der Waals surface area contributed by atoms with Crippen molar-refractivity contribution in [2.75, 3.05) is 38.6 Å². The molecule has 1 saturated heterocycles. The van der Waals surface area contributed by atoms with E-state index in [1.165, 1.54) is 148 Å². The van der Waals surface area contributed by atoms with Crippen LogP contribution in [0.4, 0.5) is 5.69 Å². The third-order valence-corrected chi connectivity index (χ3v) is 14.1. The second-order valence-corrected chi connectivity index (χ2v) is 19.3. The molecular formula is C56H95N3O4. The van der Waals surface area contributed by atoms with Crippen LogP contribution < -0.4 is 5.32 Å². The van der Waals surface area contributed by atoms with Gasteiger partial charge in [-0.15, -0.1) is 0 Å². The standard InChI is InChI=1S/C56H95N3O4/c1-5-8-10-12-14-21-25-29-35-48(34-28-24-13-11-9-6-2)47-59(53(60)38-30-26-22-19-17-15-16-18-20-23-27-31-39-54(61)63-4)55(50-42-44-58(7-3)45-43-50)56(62)57-52-41-40-49-36-32-33-37-51(49)46-52/h32-33,36-37,40-41,46,48,50,55H,5-31,34-35,38-39,42-45,47H2,1-4H3,(H,57,62). The minimum Gasteiger partial charge on any atom is -0.469 e. The van der Waals surface area contributed by atoms with Crippen LogP contribution >= 0.6 is 0 Å². The number of likely N-dealkylation sites (tertiary alicyclic amines) is 1. The highest BCUT2D eigenvalue weighted by Crippen LogP contribution is 2.30. The zero-order chi connectivity index (χ0) is 45.2. The van der Waals surface area contributed by atoms with Crippen molar-refractivity contribution < 1.29 is 19.1 Å². The number of ether oxygens (including phenoxy) is 1. The van der Waals surface area contributed by atoms with E-state index in [0.29, 0.717) is 25.3 Å².